The van der Waals surface area contributed by atoms with Crippen LogP contribution in [0, 0.1) is 2.88 Å². The third-order valence-electron chi connectivity index (χ3n) is 1.73. The Balaban J connectivity index is 2.89. The maximum Gasteiger partial charge on any atom is 0.0729 e. The molecule has 0 aliphatic heterocycles. The van der Waals surface area contributed by atoms with Crippen LogP contribution in [0.2, 0.25) is 0 Å². The van der Waals surface area contributed by atoms with Gasteiger partial charge in [-0.15, -0.1) is 11.3 Å². The lowest BCUT2D eigenvalue weighted by Gasteiger charge is -1.99. The van der Waals surface area contributed by atoms with Crippen LogP contribution < -0.4 is 11.5 Å². The standard InChI is InChI=1S/C8H7IN2S/c9-6-3-4-1-2-5(10)7(11)8(4)12-6/h1-3H,10-11H2. The Morgan fingerprint density at radius 2 is 2.00 bits per heavy atom. The first kappa shape index (κ1) is 8.12. The van der Waals surface area contributed by atoms with Crippen LogP contribution in [0.1, 0.15) is 0 Å². The van der Waals surface area contributed by atoms with E-state index in [-0.39, 0.29) is 0 Å². The van der Waals surface area contributed by atoms with Gasteiger partial charge in [-0.1, -0.05) is 6.07 Å². The molecule has 0 fully saturated rings. The predicted octanol–water partition coefficient (Wildman–Crippen LogP) is 2.67. The lowest BCUT2D eigenvalue weighted by atomic mass is 10.2. The number of hydrogen-bond donors (Lipinski definition) is 2. The second-order valence-electron chi connectivity index (χ2n) is 2.54. The molecule has 12 heavy (non-hydrogen) atoms. The van der Waals surface area contributed by atoms with Gasteiger partial charge in [0.05, 0.1) is 19.0 Å². The molecule has 1 aromatic carbocycles. The van der Waals surface area contributed by atoms with E-state index in [2.05, 4.69) is 28.7 Å². The summed E-state index contributed by atoms with van der Waals surface area (Å²) in [4.78, 5) is 0. The van der Waals surface area contributed by atoms with E-state index >= 15 is 0 Å². The summed E-state index contributed by atoms with van der Waals surface area (Å²) in [5, 5.41) is 1.18. The maximum atomic E-state index is 5.81. The van der Waals surface area contributed by atoms with Gasteiger partial charge in [0.1, 0.15) is 0 Å². The van der Waals surface area contributed by atoms with Crippen molar-refractivity contribution in [1.82, 2.24) is 0 Å². The van der Waals surface area contributed by atoms with Crippen molar-refractivity contribution in [2.24, 2.45) is 0 Å². The third-order valence-corrected chi connectivity index (χ3v) is 3.67. The van der Waals surface area contributed by atoms with E-state index in [4.69, 9.17) is 11.5 Å². The molecule has 0 aliphatic carbocycles. The molecule has 4 heteroatoms. The molecule has 0 radical (unpaired) electrons. The molecule has 62 valence electrons. The van der Waals surface area contributed by atoms with Crippen molar-refractivity contribution in [2.75, 3.05) is 11.5 Å². The van der Waals surface area contributed by atoms with Gasteiger partial charge >= 0.3 is 0 Å². The highest BCUT2D eigenvalue weighted by molar-refractivity contribution is 14.1. The number of benzene rings is 1. The summed E-state index contributed by atoms with van der Waals surface area (Å²) in [6.07, 6.45) is 0. The Morgan fingerprint density at radius 1 is 1.25 bits per heavy atom. The van der Waals surface area contributed by atoms with Crippen molar-refractivity contribution < 1.29 is 0 Å². The predicted molar refractivity (Wildman–Crippen MR) is 63.4 cm³/mol. The number of anilines is 2. The van der Waals surface area contributed by atoms with Gasteiger partial charge in [-0.25, -0.2) is 0 Å². The highest BCUT2D eigenvalue weighted by Crippen LogP contribution is 2.34. The molecule has 0 atom stereocenters. The van der Waals surface area contributed by atoms with Crippen LogP contribution in [0.5, 0.6) is 0 Å². The van der Waals surface area contributed by atoms with Gasteiger partial charge in [-0.2, -0.15) is 0 Å². The minimum atomic E-state index is 0.667. The summed E-state index contributed by atoms with van der Waals surface area (Å²) in [6.45, 7) is 0. The zero-order chi connectivity index (χ0) is 8.72. The first-order valence-corrected chi connectivity index (χ1v) is 5.31. The fraction of sp³-hybridized carbons (Fsp3) is 0. The Hall–Kier alpha value is -0.490. The van der Waals surface area contributed by atoms with Gasteiger partial charge in [0.15, 0.2) is 0 Å². The van der Waals surface area contributed by atoms with Gasteiger partial charge < -0.3 is 11.5 Å². The summed E-state index contributed by atoms with van der Waals surface area (Å²) in [5.41, 5.74) is 12.9. The summed E-state index contributed by atoms with van der Waals surface area (Å²) in [6, 6.07) is 5.95. The molecule has 0 unspecified atom stereocenters. The largest absolute Gasteiger partial charge is 0.397 e. The van der Waals surface area contributed by atoms with E-state index < -0.39 is 0 Å². The highest BCUT2D eigenvalue weighted by Gasteiger charge is 2.04. The van der Waals surface area contributed by atoms with Crippen LogP contribution in [0.4, 0.5) is 11.4 Å². The van der Waals surface area contributed by atoms with Gasteiger partial charge in [0.2, 0.25) is 0 Å². The molecular formula is C8H7IN2S. The average molecular weight is 290 g/mol. The van der Waals surface area contributed by atoms with Crippen molar-refractivity contribution in [3.8, 4) is 0 Å². The highest BCUT2D eigenvalue weighted by atomic mass is 127. The average Bonchev–Trinajstić information content (AvgIpc) is 2.39. The third kappa shape index (κ3) is 1.15. The number of nitrogen functional groups attached to an aromatic ring is 2. The number of hydrogen-bond acceptors (Lipinski definition) is 3. The van der Waals surface area contributed by atoms with Crippen LogP contribution in [-0.4, -0.2) is 0 Å². The second kappa shape index (κ2) is 2.77. The molecule has 2 rings (SSSR count). The lowest BCUT2D eigenvalue weighted by molar-refractivity contribution is 1.76. The Morgan fingerprint density at radius 3 is 2.75 bits per heavy atom. The molecule has 2 aromatic rings. The number of nitrogens with two attached hydrogens (primary N) is 2. The van der Waals surface area contributed by atoms with Crippen molar-refractivity contribution in [1.29, 1.82) is 0 Å². The molecule has 0 amide bonds. The zero-order valence-electron chi connectivity index (χ0n) is 6.17. The van der Waals surface area contributed by atoms with Gasteiger partial charge in [-0.3, -0.25) is 0 Å². The van der Waals surface area contributed by atoms with E-state index in [0.717, 1.165) is 4.70 Å². The molecule has 1 heterocycles. The molecule has 1 aromatic heterocycles. The quantitative estimate of drug-likeness (QED) is 0.579. The normalized spacial score (nSPS) is 10.8. The smallest absolute Gasteiger partial charge is 0.0729 e. The minimum absolute atomic E-state index is 0.667. The minimum Gasteiger partial charge on any atom is -0.397 e. The molecule has 0 bridgehead atoms. The van der Waals surface area contributed by atoms with Gasteiger partial charge in [0, 0.05) is 0 Å². The van der Waals surface area contributed by atoms with Crippen LogP contribution in [-0.2, 0) is 0 Å². The lowest BCUT2D eigenvalue weighted by Crippen LogP contribution is -1.93. The summed E-state index contributed by atoms with van der Waals surface area (Å²) < 4.78 is 2.33. The van der Waals surface area contributed by atoms with E-state index in [1.807, 2.05) is 12.1 Å². The first-order chi connectivity index (χ1) is 5.68. The van der Waals surface area contributed by atoms with Crippen LogP contribution in [0.15, 0.2) is 18.2 Å². The molecule has 0 saturated carbocycles. The number of halogens is 1. The van der Waals surface area contributed by atoms with Crippen LogP contribution >= 0.6 is 33.9 Å². The van der Waals surface area contributed by atoms with Gasteiger partial charge in [-0.05, 0) is 40.1 Å². The van der Waals surface area contributed by atoms with Crippen molar-refractivity contribution >= 4 is 55.4 Å². The van der Waals surface area contributed by atoms with Crippen molar-refractivity contribution in [2.45, 2.75) is 0 Å². The number of rotatable bonds is 0. The zero-order valence-corrected chi connectivity index (χ0v) is 9.15. The van der Waals surface area contributed by atoms with Gasteiger partial charge in [0.25, 0.3) is 0 Å². The maximum absolute atomic E-state index is 5.81. The molecular weight excluding hydrogens is 283 g/mol. The van der Waals surface area contributed by atoms with E-state index in [1.165, 1.54) is 8.27 Å². The topological polar surface area (TPSA) is 52.0 Å². The summed E-state index contributed by atoms with van der Waals surface area (Å²) >= 11 is 3.96. The number of thiophene rings is 1. The Bertz CT molecular complexity index is 436. The Kier molecular flexibility index (Phi) is 1.88. The fourth-order valence-electron chi connectivity index (χ4n) is 1.11. The summed E-state index contributed by atoms with van der Waals surface area (Å²) in [7, 11) is 0. The molecule has 0 spiro atoms. The monoisotopic (exact) mass is 290 g/mol. The van der Waals surface area contributed by atoms with E-state index in [1.54, 1.807) is 11.3 Å². The first-order valence-electron chi connectivity index (χ1n) is 3.41. The SMILES string of the molecule is Nc1ccc2cc(I)sc2c1N. The van der Waals surface area contributed by atoms with E-state index in [9.17, 15) is 0 Å². The molecule has 0 aliphatic rings. The molecule has 4 N–H and O–H groups in total. The summed E-state index contributed by atoms with van der Waals surface area (Å²) in [5.74, 6) is 0. The van der Waals surface area contributed by atoms with E-state index in [0.29, 0.717) is 11.4 Å². The van der Waals surface area contributed by atoms with Crippen molar-refractivity contribution in [3.63, 3.8) is 0 Å². The Labute approximate surface area is 87.7 Å². The second-order valence-corrected chi connectivity index (χ2v) is 5.48. The van der Waals surface area contributed by atoms with Crippen molar-refractivity contribution in [3.05, 3.63) is 21.1 Å². The van der Waals surface area contributed by atoms with Crippen LogP contribution in [0.3, 0.4) is 0 Å². The molecule has 0 saturated heterocycles. The van der Waals surface area contributed by atoms with Crippen LogP contribution in [0.25, 0.3) is 10.1 Å². The molecule has 2 nitrogen and oxygen atoms in total. The number of fused-ring (bicyclic) bond motifs is 1. The fourth-order valence-corrected chi connectivity index (χ4v) is 2.96.